The van der Waals surface area contributed by atoms with Gasteiger partial charge < -0.3 is 19.6 Å². The Hall–Kier alpha value is -3.72. The van der Waals surface area contributed by atoms with Crippen molar-refractivity contribution in [3.8, 4) is 5.75 Å². The molecule has 0 aromatic heterocycles. The van der Waals surface area contributed by atoms with Gasteiger partial charge in [0.2, 0.25) is 0 Å². The van der Waals surface area contributed by atoms with E-state index in [2.05, 4.69) is 11.5 Å². The first-order valence-corrected chi connectivity index (χ1v) is 13.2. The lowest BCUT2D eigenvalue weighted by atomic mass is 9.89. The van der Waals surface area contributed by atoms with Crippen molar-refractivity contribution < 1.29 is 27.4 Å². The van der Waals surface area contributed by atoms with Crippen molar-refractivity contribution in [3.63, 3.8) is 0 Å². The van der Waals surface area contributed by atoms with E-state index in [0.29, 0.717) is 42.4 Å². The molecule has 10 heteroatoms. The minimum absolute atomic E-state index is 0.0454. The number of aliphatic hydroxyl groups is 1. The van der Waals surface area contributed by atoms with Crippen LogP contribution in [0.4, 0.5) is 34.6 Å². The number of ether oxygens (including phenoxy) is 1. The molecule has 1 saturated heterocycles. The molecular weight excluding hydrogens is 546 g/mol. The standard InChI is InChI=1S/C30H28ClF4N3O2/c1-18(39)15-25-23-7-4-8-24(32)28(23)36-29(19-11-13-37(14-12-19)22-6-3-5-21(31)17-22)38(25)26-16-20(30(33,34)35)9-10-27(26)40-2/h3-10,16-17,19,25,39H,1,11-15H2,2H3. The highest BCUT2D eigenvalue weighted by molar-refractivity contribution is 6.30. The predicted molar refractivity (Wildman–Crippen MR) is 149 cm³/mol. The first-order chi connectivity index (χ1) is 19.1. The number of nitrogens with zero attached hydrogens (tertiary/aromatic N) is 3. The van der Waals surface area contributed by atoms with E-state index in [1.54, 1.807) is 17.0 Å². The highest BCUT2D eigenvalue weighted by Crippen LogP contribution is 2.48. The summed E-state index contributed by atoms with van der Waals surface area (Å²) in [5.41, 5.74) is 0.802. The van der Waals surface area contributed by atoms with Gasteiger partial charge in [-0.05, 0) is 55.3 Å². The normalized spacial score (nSPS) is 17.9. The monoisotopic (exact) mass is 573 g/mol. The molecule has 0 radical (unpaired) electrons. The summed E-state index contributed by atoms with van der Waals surface area (Å²) in [4.78, 5) is 8.59. The van der Waals surface area contributed by atoms with Gasteiger partial charge in [0.05, 0.1) is 30.2 Å². The molecule has 5 rings (SSSR count). The van der Waals surface area contributed by atoms with Crippen molar-refractivity contribution in [2.45, 2.75) is 31.5 Å². The van der Waals surface area contributed by atoms with Crippen LogP contribution in [0.25, 0.3) is 0 Å². The van der Waals surface area contributed by atoms with E-state index in [1.165, 1.54) is 25.3 Å². The molecule has 210 valence electrons. The van der Waals surface area contributed by atoms with Gasteiger partial charge in [0.1, 0.15) is 23.1 Å². The van der Waals surface area contributed by atoms with Gasteiger partial charge >= 0.3 is 6.18 Å². The van der Waals surface area contributed by atoms with Gasteiger partial charge in [-0.2, -0.15) is 13.2 Å². The fourth-order valence-electron chi connectivity index (χ4n) is 5.51. The summed E-state index contributed by atoms with van der Waals surface area (Å²) in [6, 6.07) is 14.5. The zero-order valence-corrected chi connectivity index (χ0v) is 22.5. The van der Waals surface area contributed by atoms with Crippen molar-refractivity contribution in [1.29, 1.82) is 0 Å². The summed E-state index contributed by atoms with van der Waals surface area (Å²) in [5, 5.41) is 10.9. The van der Waals surface area contributed by atoms with Gasteiger partial charge in [0, 0.05) is 41.7 Å². The number of amidine groups is 1. The lowest BCUT2D eigenvalue weighted by Gasteiger charge is -2.43. The summed E-state index contributed by atoms with van der Waals surface area (Å²) in [6.45, 7) is 4.90. The first-order valence-electron chi connectivity index (χ1n) is 12.9. The van der Waals surface area contributed by atoms with Crippen LogP contribution in [0.15, 0.2) is 78.0 Å². The third kappa shape index (κ3) is 5.47. The molecule has 2 aliphatic heterocycles. The maximum absolute atomic E-state index is 15.1. The van der Waals surface area contributed by atoms with Gasteiger partial charge in [-0.25, -0.2) is 9.38 Å². The summed E-state index contributed by atoms with van der Waals surface area (Å²) in [5.74, 6) is -0.321. The smallest absolute Gasteiger partial charge is 0.416 e. The second kappa shape index (κ2) is 11.0. The number of piperidine rings is 1. The predicted octanol–water partition coefficient (Wildman–Crippen LogP) is 8.48. The van der Waals surface area contributed by atoms with Gasteiger partial charge in [0.15, 0.2) is 0 Å². The van der Waals surface area contributed by atoms with Crippen LogP contribution in [0.2, 0.25) is 5.02 Å². The maximum Gasteiger partial charge on any atom is 0.416 e. The minimum atomic E-state index is -4.60. The molecule has 3 aromatic rings. The summed E-state index contributed by atoms with van der Waals surface area (Å²) < 4.78 is 62.2. The number of benzene rings is 3. The molecule has 1 atom stereocenters. The lowest BCUT2D eigenvalue weighted by Crippen LogP contribution is -2.46. The number of aliphatic imine (C=N–C) groups is 1. The summed E-state index contributed by atoms with van der Waals surface area (Å²) >= 11 is 6.19. The second-order valence-corrected chi connectivity index (χ2v) is 10.4. The van der Waals surface area contributed by atoms with E-state index >= 15 is 4.39 Å². The fourth-order valence-corrected chi connectivity index (χ4v) is 5.70. The number of halogens is 5. The van der Waals surface area contributed by atoms with Crippen LogP contribution >= 0.6 is 11.6 Å². The fraction of sp³-hybridized carbons (Fsp3) is 0.300. The number of rotatable bonds is 6. The molecular formula is C30H28ClF4N3O2. The SMILES string of the molecule is C=C(O)CC1c2cccc(F)c2N=C(C2CCN(c3cccc(Cl)c3)CC2)N1c1cc(C(F)(F)F)ccc1OC. The number of hydrogen-bond acceptors (Lipinski definition) is 5. The number of para-hydroxylation sites is 1. The zero-order valence-electron chi connectivity index (χ0n) is 21.8. The van der Waals surface area contributed by atoms with Crippen molar-refractivity contribution >= 4 is 34.5 Å². The van der Waals surface area contributed by atoms with Crippen LogP contribution in [0.3, 0.4) is 0 Å². The Morgan fingerprint density at radius 1 is 1.10 bits per heavy atom. The molecule has 1 unspecified atom stereocenters. The highest BCUT2D eigenvalue weighted by Gasteiger charge is 2.40. The van der Waals surface area contributed by atoms with Crippen LogP contribution in [-0.2, 0) is 6.18 Å². The van der Waals surface area contributed by atoms with Crippen LogP contribution in [0.1, 0.15) is 36.4 Å². The molecule has 5 nitrogen and oxygen atoms in total. The summed E-state index contributed by atoms with van der Waals surface area (Å²) in [7, 11) is 1.38. The molecule has 2 aliphatic rings. The van der Waals surface area contributed by atoms with Crippen LogP contribution in [-0.4, -0.2) is 31.1 Å². The molecule has 0 aliphatic carbocycles. The maximum atomic E-state index is 15.1. The Labute approximate surface area is 235 Å². The third-order valence-electron chi connectivity index (χ3n) is 7.39. The van der Waals surface area contributed by atoms with Crippen molar-refractivity contribution in [1.82, 2.24) is 0 Å². The number of alkyl halides is 3. The molecule has 0 amide bonds. The van der Waals surface area contributed by atoms with E-state index < -0.39 is 23.6 Å². The van der Waals surface area contributed by atoms with Gasteiger partial charge in [-0.15, -0.1) is 0 Å². The van der Waals surface area contributed by atoms with Crippen molar-refractivity contribution in [3.05, 3.63) is 95.0 Å². The van der Waals surface area contributed by atoms with Gasteiger partial charge in [-0.1, -0.05) is 36.4 Å². The molecule has 2 heterocycles. The first kappa shape index (κ1) is 27.8. The van der Waals surface area contributed by atoms with Gasteiger partial charge in [-0.3, -0.25) is 0 Å². The Balaban J connectivity index is 1.62. The van der Waals surface area contributed by atoms with E-state index in [0.717, 1.165) is 17.8 Å². The largest absolute Gasteiger partial charge is 0.513 e. The van der Waals surface area contributed by atoms with Crippen LogP contribution < -0.4 is 14.5 Å². The molecule has 1 fully saturated rings. The Morgan fingerprint density at radius 2 is 1.82 bits per heavy atom. The van der Waals surface area contributed by atoms with E-state index in [1.807, 2.05) is 18.2 Å². The number of methoxy groups -OCH3 is 1. The topological polar surface area (TPSA) is 48.3 Å². The van der Waals surface area contributed by atoms with Crippen molar-refractivity contribution in [2.75, 3.05) is 30.0 Å². The molecule has 0 spiro atoms. The molecule has 1 N–H and O–H groups in total. The third-order valence-corrected chi connectivity index (χ3v) is 7.63. The Bertz CT molecular complexity index is 1450. The molecule has 0 saturated carbocycles. The number of aliphatic hydroxyl groups excluding tert-OH is 1. The number of fused-ring (bicyclic) bond motifs is 1. The molecule has 0 bridgehead atoms. The molecule has 3 aromatic carbocycles. The summed E-state index contributed by atoms with van der Waals surface area (Å²) in [6.07, 6.45) is -3.42. The molecule has 40 heavy (non-hydrogen) atoms. The zero-order chi connectivity index (χ0) is 28.6. The second-order valence-electron chi connectivity index (χ2n) is 9.93. The van der Waals surface area contributed by atoms with Crippen LogP contribution in [0.5, 0.6) is 5.75 Å². The van der Waals surface area contributed by atoms with E-state index in [9.17, 15) is 18.3 Å². The van der Waals surface area contributed by atoms with E-state index in [-0.39, 0.29) is 35.2 Å². The Morgan fingerprint density at radius 3 is 2.48 bits per heavy atom. The quantitative estimate of drug-likeness (QED) is 0.237. The van der Waals surface area contributed by atoms with Gasteiger partial charge in [0.25, 0.3) is 0 Å². The average molecular weight is 574 g/mol. The Kier molecular flexibility index (Phi) is 7.68. The van der Waals surface area contributed by atoms with E-state index in [4.69, 9.17) is 21.3 Å². The highest BCUT2D eigenvalue weighted by atomic mass is 35.5. The average Bonchev–Trinajstić information content (AvgIpc) is 2.92. The number of anilines is 2. The lowest BCUT2D eigenvalue weighted by molar-refractivity contribution is -0.137. The van der Waals surface area contributed by atoms with Crippen molar-refractivity contribution in [2.24, 2.45) is 10.9 Å². The minimum Gasteiger partial charge on any atom is -0.513 e. The number of hydrogen-bond donors (Lipinski definition) is 1. The van der Waals surface area contributed by atoms with Crippen LogP contribution in [0, 0.1) is 11.7 Å².